The number of hydrogen-bond donors (Lipinski definition) is 0. The number of nitrogens with zero attached hydrogens (tertiary/aromatic N) is 4. The van der Waals surface area contributed by atoms with Gasteiger partial charge in [0.15, 0.2) is 0 Å². The van der Waals surface area contributed by atoms with E-state index in [1.807, 2.05) is 19.9 Å². The van der Waals surface area contributed by atoms with Gasteiger partial charge in [0.25, 0.3) is 0 Å². The van der Waals surface area contributed by atoms with Crippen LogP contribution in [0.4, 0.5) is 0 Å². The molecule has 0 N–H and O–H groups in total. The molecule has 1 heterocycles. The maximum absolute atomic E-state index is 6.04. The molecule has 90 valence electrons. The van der Waals surface area contributed by atoms with Crippen LogP contribution >= 0.6 is 11.6 Å². The molecule has 5 nitrogen and oxygen atoms in total. The number of hydrogen-bond acceptors (Lipinski definition) is 4. The Balaban J connectivity index is 2.36. The van der Waals surface area contributed by atoms with Gasteiger partial charge in [-0.1, -0.05) is 11.6 Å². The molecule has 0 aliphatic carbocycles. The molecule has 17 heavy (non-hydrogen) atoms. The Morgan fingerprint density at radius 1 is 1.35 bits per heavy atom. The highest BCUT2D eigenvalue weighted by molar-refractivity contribution is 6.32. The molecule has 2 aromatic rings. The van der Waals surface area contributed by atoms with Crippen LogP contribution in [0.25, 0.3) is 11.4 Å². The van der Waals surface area contributed by atoms with Crippen molar-refractivity contribution in [2.45, 2.75) is 19.9 Å². The highest BCUT2D eigenvalue weighted by atomic mass is 35.5. The third-order valence-electron chi connectivity index (χ3n) is 2.30. The van der Waals surface area contributed by atoms with Gasteiger partial charge in [0.2, 0.25) is 5.82 Å². The maximum atomic E-state index is 6.04. The van der Waals surface area contributed by atoms with E-state index in [0.717, 1.165) is 5.56 Å². The molecule has 0 bridgehead atoms. The summed E-state index contributed by atoms with van der Waals surface area (Å²) in [6.07, 6.45) is 0. The van der Waals surface area contributed by atoms with E-state index in [9.17, 15) is 0 Å². The molecule has 0 aliphatic rings. The molecule has 1 aromatic carbocycles. The van der Waals surface area contributed by atoms with E-state index >= 15 is 0 Å². The number of benzene rings is 1. The van der Waals surface area contributed by atoms with E-state index in [1.165, 1.54) is 0 Å². The minimum Gasteiger partial charge on any atom is -0.495 e. The first kappa shape index (κ1) is 11.9. The van der Waals surface area contributed by atoms with Gasteiger partial charge >= 0.3 is 0 Å². The number of methoxy groups -OCH3 is 1. The average molecular weight is 253 g/mol. The maximum Gasteiger partial charge on any atom is 0.204 e. The lowest BCUT2D eigenvalue weighted by atomic mass is 10.2. The largest absolute Gasteiger partial charge is 0.495 e. The van der Waals surface area contributed by atoms with Gasteiger partial charge in [0, 0.05) is 5.56 Å². The molecule has 0 spiro atoms. The van der Waals surface area contributed by atoms with E-state index < -0.39 is 0 Å². The van der Waals surface area contributed by atoms with Crippen molar-refractivity contribution in [3.63, 3.8) is 0 Å². The molecule has 2 rings (SSSR count). The van der Waals surface area contributed by atoms with Crippen molar-refractivity contribution < 1.29 is 4.74 Å². The number of halogens is 1. The van der Waals surface area contributed by atoms with Crippen molar-refractivity contribution >= 4 is 11.6 Å². The minimum absolute atomic E-state index is 0.185. The summed E-state index contributed by atoms with van der Waals surface area (Å²) in [5.74, 6) is 1.19. The molecule has 0 fully saturated rings. The van der Waals surface area contributed by atoms with Crippen LogP contribution in [0.1, 0.15) is 19.9 Å². The van der Waals surface area contributed by atoms with Gasteiger partial charge in [-0.3, -0.25) is 0 Å². The van der Waals surface area contributed by atoms with Crippen LogP contribution < -0.4 is 4.74 Å². The Labute approximate surface area is 104 Å². The molecule has 0 aliphatic heterocycles. The molecule has 0 saturated heterocycles. The molecule has 6 heteroatoms. The summed E-state index contributed by atoms with van der Waals surface area (Å²) in [5.41, 5.74) is 0.822. The van der Waals surface area contributed by atoms with Crippen LogP contribution in [0.5, 0.6) is 5.75 Å². The second kappa shape index (κ2) is 4.71. The van der Waals surface area contributed by atoms with Gasteiger partial charge in [-0.15, -0.1) is 10.2 Å². The van der Waals surface area contributed by atoms with Crippen molar-refractivity contribution in [3.8, 4) is 17.1 Å². The Bertz CT molecular complexity index is 524. The average Bonchev–Trinajstić information content (AvgIpc) is 2.78. The van der Waals surface area contributed by atoms with Crippen LogP contribution in [0.15, 0.2) is 18.2 Å². The summed E-state index contributed by atoms with van der Waals surface area (Å²) < 4.78 is 5.09. The van der Waals surface area contributed by atoms with E-state index in [1.54, 1.807) is 24.0 Å². The van der Waals surface area contributed by atoms with Crippen LogP contribution in [0.3, 0.4) is 0 Å². The number of tetrazole rings is 1. The molecule has 0 saturated carbocycles. The van der Waals surface area contributed by atoms with Crippen molar-refractivity contribution in [2.24, 2.45) is 0 Å². The third-order valence-corrected chi connectivity index (χ3v) is 2.60. The van der Waals surface area contributed by atoms with Gasteiger partial charge in [0.05, 0.1) is 18.2 Å². The topological polar surface area (TPSA) is 52.8 Å². The molecule has 0 unspecified atom stereocenters. The first-order chi connectivity index (χ1) is 8.11. The van der Waals surface area contributed by atoms with E-state index in [4.69, 9.17) is 16.3 Å². The van der Waals surface area contributed by atoms with Crippen molar-refractivity contribution in [1.29, 1.82) is 0 Å². The normalized spacial score (nSPS) is 10.9. The summed E-state index contributed by atoms with van der Waals surface area (Å²) in [6, 6.07) is 5.59. The van der Waals surface area contributed by atoms with E-state index in [2.05, 4.69) is 15.4 Å². The summed E-state index contributed by atoms with van der Waals surface area (Å²) in [5, 5.41) is 12.8. The zero-order valence-corrected chi connectivity index (χ0v) is 10.6. The highest BCUT2D eigenvalue weighted by Gasteiger charge is 2.10. The quantitative estimate of drug-likeness (QED) is 0.843. The smallest absolute Gasteiger partial charge is 0.204 e. The Kier molecular flexibility index (Phi) is 3.28. The lowest BCUT2D eigenvalue weighted by Gasteiger charge is -2.03. The Morgan fingerprint density at radius 3 is 2.65 bits per heavy atom. The lowest BCUT2D eigenvalue weighted by molar-refractivity contribution is 0.415. The van der Waals surface area contributed by atoms with Gasteiger partial charge in [0.1, 0.15) is 5.75 Å². The number of aromatic nitrogens is 4. The summed E-state index contributed by atoms with van der Waals surface area (Å²) in [7, 11) is 1.58. The van der Waals surface area contributed by atoms with Crippen molar-refractivity contribution in [3.05, 3.63) is 23.2 Å². The third kappa shape index (κ3) is 2.39. The van der Waals surface area contributed by atoms with Crippen LogP contribution in [-0.2, 0) is 0 Å². The molecule has 0 radical (unpaired) electrons. The minimum atomic E-state index is 0.185. The van der Waals surface area contributed by atoms with Crippen LogP contribution in [-0.4, -0.2) is 27.3 Å². The van der Waals surface area contributed by atoms with Gasteiger partial charge in [-0.25, -0.2) is 0 Å². The molecule has 0 amide bonds. The molecule has 1 aromatic heterocycles. The fraction of sp³-hybridized carbons (Fsp3) is 0.364. The molecular formula is C11H13ClN4O. The van der Waals surface area contributed by atoms with E-state index in [-0.39, 0.29) is 6.04 Å². The van der Waals surface area contributed by atoms with Gasteiger partial charge < -0.3 is 4.74 Å². The SMILES string of the molecule is COc1ccc(-c2nnn(C(C)C)n2)cc1Cl. The Morgan fingerprint density at radius 2 is 2.12 bits per heavy atom. The van der Waals surface area contributed by atoms with Crippen LogP contribution in [0, 0.1) is 0 Å². The lowest BCUT2D eigenvalue weighted by Crippen LogP contribution is -2.04. The first-order valence-electron chi connectivity index (χ1n) is 5.25. The molecular weight excluding hydrogens is 240 g/mol. The Hall–Kier alpha value is -1.62. The first-order valence-corrected chi connectivity index (χ1v) is 5.63. The monoisotopic (exact) mass is 252 g/mol. The summed E-state index contributed by atoms with van der Waals surface area (Å²) in [6.45, 7) is 3.99. The fourth-order valence-electron chi connectivity index (χ4n) is 1.36. The van der Waals surface area contributed by atoms with E-state index in [0.29, 0.717) is 16.6 Å². The second-order valence-corrected chi connectivity index (χ2v) is 4.28. The zero-order valence-electron chi connectivity index (χ0n) is 9.88. The van der Waals surface area contributed by atoms with Crippen molar-refractivity contribution in [1.82, 2.24) is 20.2 Å². The summed E-state index contributed by atoms with van der Waals surface area (Å²) >= 11 is 6.04. The predicted octanol–water partition coefficient (Wildman–Crippen LogP) is 2.58. The second-order valence-electron chi connectivity index (χ2n) is 3.88. The number of ether oxygens (including phenoxy) is 1. The zero-order chi connectivity index (χ0) is 12.4. The molecule has 0 atom stereocenters. The number of rotatable bonds is 3. The van der Waals surface area contributed by atoms with Gasteiger partial charge in [-0.05, 0) is 37.3 Å². The summed E-state index contributed by atoms with van der Waals surface area (Å²) in [4.78, 5) is 1.56. The van der Waals surface area contributed by atoms with Crippen LogP contribution in [0.2, 0.25) is 5.02 Å². The fourth-order valence-corrected chi connectivity index (χ4v) is 1.62. The highest BCUT2D eigenvalue weighted by Crippen LogP contribution is 2.28. The standard InChI is InChI=1S/C11H13ClN4O/c1-7(2)16-14-11(13-15-16)8-4-5-10(17-3)9(12)6-8/h4-7H,1-3H3. The van der Waals surface area contributed by atoms with Crippen molar-refractivity contribution in [2.75, 3.05) is 7.11 Å². The predicted molar refractivity (Wildman–Crippen MR) is 65.2 cm³/mol. The van der Waals surface area contributed by atoms with Gasteiger partial charge in [-0.2, -0.15) is 4.80 Å².